The van der Waals surface area contributed by atoms with Crippen LogP contribution in [0.15, 0.2) is 65.1 Å². The summed E-state index contributed by atoms with van der Waals surface area (Å²) in [6.07, 6.45) is -1.72. The van der Waals surface area contributed by atoms with Crippen molar-refractivity contribution >= 4 is 29.1 Å². The van der Waals surface area contributed by atoms with Crippen molar-refractivity contribution in [1.82, 2.24) is 4.90 Å². The van der Waals surface area contributed by atoms with Crippen molar-refractivity contribution in [2.24, 2.45) is 17.6 Å². The van der Waals surface area contributed by atoms with E-state index in [4.69, 9.17) is 16.2 Å². The van der Waals surface area contributed by atoms with Crippen LogP contribution in [0.2, 0.25) is 0 Å². The van der Waals surface area contributed by atoms with E-state index in [-0.39, 0.29) is 17.7 Å². The molecule has 12 heteroatoms. The predicted octanol–water partition coefficient (Wildman–Crippen LogP) is 1.03. The summed E-state index contributed by atoms with van der Waals surface area (Å²) in [5.74, 6) is -10.1. The quantitative estimate of drug-likeness (QED) is 0.168. The normalized spacial score (nSPS) is 28.7. The molecule has 42 heavy (non-hydrogen) atoms. The van der Waals surface area contributed by atoms with E-state index >= 15 is 0 Å². The number of primary amides is 1. The molecule has 0 saturated heterocycles. The Morgan fingerprint density at radius 3 is 2.29 bits per heavy atom. The van der Waals surface area contributed by atoms with Crippen molar-refractivity contribution in [2.45, 2.75) is 37.0 Å². The predicted molar refractivity (Wildman–Crippen MR) is 148 cm³/mol. The van der Waals surface area contributed by atoms with Crippen LogP contribution in [0.4, 0.5) is 5.69 Å². The van der Waals surface area contributed by atoms with Gasteiger partial charge in [-0.15, -0.1) is 0 Å². The summed E-state index contributed by atoms with van der Waals surface area (Å²) in [4.78, 5) is 54.8. The van der Waals surface area contributed by atoms with Gasteiger partial charge in [0.05, 0.1) is 23.9 Å². The molecule has 6 atom stereocenters. The Balaban J connectivity index is 1.75. The van der Waals surface area contributed by atoms with Gasteiger partial charge in [-0.05, 0) is 49.3 Å². The molecular weight excluding hydrogens is 546 g/mol. The van der Waals surface area contributed by atoms with Gasteiger partial charge in [0.2, 0.25) is 5.78 Å². The number of fused-ring (bicyclic) bond motifs is 3. The highest BCUT2D eigenvalue weighted by molar-refractivity contribution is 6.25. The number of esters is 1. The lowest BCUT2D eigenvalue weighted by molar-refractivity contribution is -0.180. The number of phenols is 1. The molecule has 0 radical (unpaired) electrons. The summed E-state index contributed by atoms with van der Waals surface area (Å²) in [6, 6.07) is 9.51. The molecule has 2 aromatic rings. The first-order valence-electron chi connectivity index (χ1n) is 13.2. The number of carbonyl (C=O) groups excluding carboxylic acids is 4. The highest BCUT2D eigenvalue weighted by atomic mass is 16.5. The Morgan fingerprint density at radius 1 is 1.05 bits per heavy atom. The van der Waals surface area contributed by atoms with Crippen LogP contribution >= 0.6 is 0 Å². The van der Waals surface area contributed by atoms with Crippen LogP contribution in [0.5, 0.6) is 5.75 Å². The molecule has 0 saturated carbocycles. The minimum absolute atomic E-state index is 0.141. The molecule has 0 aliphatic heterocycles. The van der Waals surface area contributed by atoms with Crippen LogP contribution in [-0.2, 0) is 25.5 Å². The summed E-state index contributed by atoms with van der Waals surface area (Å²) in [5, 5.41) is 45.4. The van der Waals surface area contributed by atoms with Crippen LogP contribution in [-0.4, -0.2) is 80.6 Å². The van der Waals surface area contributed by atoms with E-state index in [0.29, 0.717) is 16.8 Å². The van der Waals surface area contributed by atoms with Gasteiger partial charge in [0.15, 0.2) is 11.4 Å². The van der Waals surface area contributed by atoms with E-state index in [2.05, 4.69) is 0 Å². The number of nitrogens with zero attached hydrogens (tertiary/aromatic N) is 1. The molecular formula is C30H31N3O9. The number of anilines is 1. The molecule has 5 rings (SSSR count). The van der Waals surface area contributed by atoms with Crippen molar-refractivity contribution in [3.05, 3.63) is 81.8 Å². The Morgan fingerprint density at radius 2 is 1.69 bits per heavy atom. The lowest BCUT2D eigenvalue weighted by Gasteiger charge is -2.54. The number of likely N-dealkylation sites (N-methyl/N-ethyl adjacent to an activating group) is 1. The van der Waals surface area contributed by atoms with E-state index in [0.717, 1.165) is 0 Å². The van der Waals surface area contributed by atoms with Gasteiger partial charge in [0, 0.05) is 17.2 Å². The minimum Gasteiger partial charge on any atom is -0.510 e. The summed E-state index contributed by atoms with van der Waals surface area (Å²) in [5.41, 5.74) is 8.03. The van der Waals surface area contributed by atoms with E-state index < -0.39 is 81.6 Å². The highest BCUT2D eigenvalue weighted by Gasteiger charge is 2.68. The van der Waals surface area contributed by atoms with Gasteiger partial charge in [-0.1, -0.05) is 31.2 Å². The topological polar surface area (TPSA) is 214 Å². The number of aliphatic hydroxyl groups is 3. The summed E-state index contributed by atoms with van der Waals surface area (Å²) >= 11 is 0. The number of rotatable bonds is 5. The monoisotopic (exact) mass is 577 g/mol. The zero-order valence-electron chi connectivity index (χ0n) is 23.1. The van der Waals surface area contributed by atoms with Gasteiger partial charge in [0.25, 0.3) is 5.91 Å². The number of ether oxygens (including phenoxy) is 1. The zero-order chi connectivity index (χ0) is 30.8. The van der Waals surface area contributed by atoms with Gasteiger partial charge >= 0.3 is 5.97 Å². The standard InChI is InChI=1S/C30H31N3O9/c1-12-15-5-4-6-16(34)19(15)24(36)20-18(12)26(42-17(35)11-13-7-9-14(31)10-8-13)22-23(33(2)3)25(37)21(29(32)40)28(39)30(22,41)27(20)38/h4-10,12,18,22-23,26,34,37-38,41H,11,31H2,1-3H3,(H2,32,40). The number of ketones is 2. The minimum atomic E-state index is -3.00. The Hall–Kier alpha value is -4.68. The molecule has 0 heterocycles. The maximum absolute atomic E-state index is 13.9. The Kier molecular flexibility index (Phi) is 6.86. The van der Waals surface area contributed by atoms with Gasteiger partial charge in [-0.2, -0.15) is 0 Å². The van der Waals surface area contributed by atoms with Crippen molar-refractivity contribution in [3.63, 3.8) is 0 Å². The number of nitrogen functional groups attached to an aromatic ring is 1. The molecule has 0 bridgehead atoms. The molecule has 0 spiro atoms. The number of carbonyl (C=O) groups is 4. The van der Waals surface area contributed by atoms with Gasteiger partial charge in [-0.3, -0.25) is 24.1 Å². The first kappa shape index (κ1) is 28.8. The molecule has 2 aromatic carbocycles. The Bertz CT molecular complexity index is 1590. The summed E-state index contributed by atoms with van der Waals surface area (Å²) < 4.78 is 6.00. The second-order valence-corrected chi connectivity index (χ2v) is 11.2. The number of benzene rings is 2. The molecule has 3 aliphatic rings. The van der Waals surface area contributed by atoms with Gasteiger partial charge in [0.1, 0.15) is 28.9 Å². The molecule has 12 nitrogen and oxygen atoms in total. The Labute approximate surface area is 240 Å². The number of phenolic OH excluding ortho intramolecular Hbond substituents is 1. The number of nitrogens with two attached hydrogens (primary N) is 2. The molecule has 3 aliphatic carbocycles. The van der Waals surface area contributed by atoms with Crippen LogP contribution in [0.1, 0.15) is 34.3 Å². The average molecular weight is 578 g/mol. The molecule has 0 aromatic heterocycles. The fourth-order valence-corrected chi connectivity index (χ4v) is 6.69. The highest BCUT2D eigenvalue weighted by Crippen LogP contribution is 2.56. The second-order valence-electron chi connectivity index (χ2n) is 11.2. The second kappa shape index (κ2) is 10.00. The van der Waals surface area contributed by atoms with Gasteiger partial charge < -0.3 is 36.6 Å². The third-order valence-electron chi connectivity index (χ3n) is 8.56. The van der Waals surface area contributed by atoms with Crippen LogP contribution in [0.25, 0.3) is 0 Å². The fraction of sp³-hybridized carbons (Fsp3) is 0.333. The fourth-order valence-electron chi connectivity index (χ4n) is 6.69. The number of amides is 1. The van der Waals surface area contributed by atoms with E-state index in [1.807, 2.05) is 0 Å². The van der Waals surface area contributed by atoms with Crippen molar-refractivity contribution in [3.8, 4) is 5.75 Å². The lowest BCUT2D eigenvalue weighted by atomic mass is 9.55. The lowest BCUT2D eigenvalue weighted by Crippen LogP contribution is -2.69. The average Bonchev–Trinajstić information content (AvgIpc) is 2.91. The largest absolute Gasteiger partial charge is 0.510 e. The van der Waals surface area contributed by atoms with E-state index in [9.17, 15) is 39.6 Å². The van der Waals surface area contributed by atoms with Crippen molar-refractivity contribution < 1.29 is 44.3 Å². The maximum Gasteiger partial charge on any atom is 0.310 e. The van der Waals surface area contributed by atoms with Crippen LogP contribution in [0, 0.1) is 11.8 Å². The SMILES string of the molecule is CC1c2cccc(O)c2C(=O)C2=C(O)C3(O)C(=O)C(C(N)=O)=C(O)C(N(C)C)C3C(OC(=O)Cc3ccc(N)cc3)C21. The molecule has 8 N–H and O–H groups in total. The number of hydrogen-bond acceptors (Lipinski definition) is 11. The van der Waals surface area contributed by atoms with Crippen molar-refractivity contribution in [1.29, 1.82) is 0 Å². The van der Waals surface area contributed by atoms with E-state index in [1.54, 1.807) is 37.3 Å². The molecule has 220 valence electrons. The third-order valence-corrected chi connectivity index (χ3v) is 8.56. The zero-order valence-corrected chi connectivity index (χ0v) is 23.1. The van der Waals surface area contributed by atoms with E-state index in [1.165, 1.54) is 31.1 Å². The molecule has 6 unspecified atom stereocenters. The van der Waals surface area contributed by atoms with Crippen LogP contribution < -0.4 is 11.5 Å². The maximum atomic E-state index is 13.9. The first-order chi connectivity index (χ1) is 19.7. The summed E-state index contributed by atoms with van der Waals surface area (Å²) in [6.45, 7) is 1.69. The third kappa shape index (κ3) is 4.05. The molecule has 0 fully saturated rings. The number of aliphatic hydroxyl groups excluding tert-OH is 2. The summed E-state index contributed by atoms with van der Waals surface area (Å²) in [7, 11) is 2.98. The first-order valence-corrected chi connectivity index (χ1v) is 13.2. The smallest absolute Gasteiger partial charge is 0.310 e. The van der Waals surface area contributed by atoms with Crippen molar-refractivity contribution in [2.75, 3.05) is 19.8 Å². The number of aromatic hydroxyl groups is 1. The molecule has 1 amide bonds. The van der Waals surface area contributed by atoms with Gasteiger partial charge in [-0.25, -0.2) is 0 Å². The van der Waals surface area contributed by atoms with Crippen LogP contribution in [0.3, 0.4) is 0 Å². The number of hydrogen-bond donors (Lipinski definition) is 6. The number of Topliss-reactive ketones (excluding diaryl/α,β-unsaturated/α-hetero) is 2.